The number of benzene rings is 1. The first-order valence-electron chi connectivity index (χ1n) is 9.04. The van der Waals surface area contributed by atoms with Crippen molar-refractivity contribution in [2.45, 2.75) is 26.7 Å². The average molecular weight is 351 g/mol. The van der Waals surface area contributed by atoms with E-state index in [9.17, 15) is 4.79 Å². The molecule has 0 spiro atoms. The lowest BCUT2D eigenvalue weighted by Crippen LogP contribution is -2.26. The highest BCUT2D eigenvalue weighted by Crippen LogP contribution is 2.18. The Balaban J connectivity index is 1.49. The lowest BCUT2D eigenvalue weighted by Gasteiger charge is -2.07. The van der Waals surface area contributed by atoms with Crippen LogP contribution in [0.5, 0.6) is 0 Å². The van der Waals surface area contributed by atoms with Crippen LogP contribution in [0.25, 0.3) is 10.9 Å². The molecule has 0 aliphatic rings. The first-order chi connectivity index (χ1) is 12.6. The van der Waals surface area contributed by atoms with Gasteiger partial charge in [0.2, 0.25) is 0 Å². The number of hydrogen-bond acceptors (Lipinski definition) is 4. The molecule has 1 amide bonds. The second-order valence-corrected chi connectivity index (χ2v) is 6.78. The molecule has 26 heavy (non-hydrogen) atoms. The Bertz CT molecular complexity index is 854. The van der Waals surface area contributed by atoms with Crippen LogP contribution in [0.15, 0.2) is 42.6 Å². The standard InChI is InChI=1S/C20H25N5O/c1-14(2)9-11-22-20(26)18-7-8-19(25-24-18)21-12-10-15-13-23-17-6-4-3-5-16(15)17/h3-8,13-14,23H,9-12H2,1-2H3,(H,21,25)(H,22,26). The summed E-state index contributed by atoms with van der Waals surface area (Å²) < 4.78 is 0. The minimum atomic E-state index is -0.177. The summed E-state index contributed by atoms with van der Waals surface area (Å²) in [6.07, 6.45) is 3.87. The van der Waals surface area contributed by atoms with E-state index in [0.29, 0.717) is 24.0 Å². The number of amides is 1. The Morgan fingerprint density at radius 2 is 1.96 bits per heavy atom. The zero-order chi connectivity index (χ0) is 18.4. The van der Waals surface area contributed by atoms with Crippen molar-refractivity contribution in [3.05, 3.63) is 53.9 Å². The number of H-pyrrole nitrogens is 1. The first-order valence-corrected chi connectivity index (χ1v) is 9.04. The highest BCUT2D eigenvalue weighted by Gasteiger charge is 2.08. The molecule has 0 aliphatic heterocycles. The molecular weight excluding hydrogens is 326 g/mol. The number of para-hydroxylation sites is 1. The van der Waals surface area contributed by atoms with Gasteiger partial charge in [0.05, 0.1) is 0 Å². The second kappa shape index (κ2) is 8.47. The zero-order valence-electron chi connectivity index (χ0n) is 15.2. The summed E-state index contributed by atoms with van der Waals surface area (Å²) >= 11 is 0. The minimum Gasteiger partial charge on any atom is -0.368 e. The first kappa shape index (κ1) is 17.9. The van der Waals surface area contributed by atoms with E-state index >= 15 is 0 Å². The normalized spacial score (nSPS) is 11.0. The molecule has 6 heteroatoms. The van der Waals surface area contributed by atoms with Gasteiger partial charge in [-0.2, -0.15) is 0 Å². The second-order valence-electron chi connectivity index (χ2n) is 6.78. The fourth-order valence-corrected chi connectivity index (χ4v) is 2.78. The molecule has 0 unspecified atom stereocenters. The topological polar surface area (TPSA) is 82.7 Å². The van der Waals surface area contributed by atoms with Crippen molar-refractivity contribution in [2.24, 2.45) is 5.92 Å². The highest BCUT2D eigenvalue weighted by atomic mass is 16.1. The van der Waals surface area contributed by atoms with Gasteiger partial charge in [0.15, 0.2) is 5.69 Å². The number of aromatic amines is 1. The molecule has 2 aromatic heterocycles. The molecule has 3 N–H and O–H groups in total. The van der Waals surface area contributed by atoms with Crippen molar-refractivity contribution in [2.75, 3.05) is 18.4 Å². The predicted molar refractivity (Wildman–Crippen MR) is 104 cm³/mol. The summed E-state index contributed by atoms with van der Waals surface area (Å²) in [7, 11) is 0. The number of anilines is 1. The molecule has 1 aromatic carbocycles. The SMILES string of the molecule is CC(C)CCNC(=O)c1ccc(NCCc2c[nH]c3ccccc23)nn1. The third-order valence-electron chi connectivity index (χ3n) is 4.28. The van der Waals surface area contributed by atoms with E-state index in [-0.39, 0.29) is 5.91 Å². The summed E-state index contributed by atoms with van der Waals surface area (Å²) in [4.78, 5) is 15.3. The van der Waals surface area contributed by atoms with Gasteiger partial charge in [-0.3, -0.25) is 4.79 Å². The maximum absolute atomic E-state index is 12.0. The van der Waals surface area contributed by atoms with Crippen molar-refractivity contribution in [3.8, 4) is 0 Å². The predicted octanol–water partition coefficient (Wildman–Crippen LogP) is 3.39. The molecular formula is C20H25N5O. The number of nitrogens with zero attached hydrogens (tertiary/aromatic N) is 2. The molecule has 2 heterocycles. The van der Waals surface area contributed by atoms with E-state index in [1.54, 1.807) is 12.1 Å². The molecule has 0 saturated heterocycles. The van der Waals surface area contributed by atoms with Gasteiger partial charge in [0, 0.05) is 30.2 Å². The summed E-state index contributed by atoms with van der Waals surface area (Å²) in [5, 5.41) is 15.5. The maximum atomic E-state index is 12.0. The molecule has 0 bridgehead atoms. The number of carbonyl (C=O) groups excluding carboxylic acids is 1. The van der Waals surface area contributed by atoms with Crippen LogP contribution in [0.4, 0.5) is 5.82 Å². The van der Waals surface area contributed by atoms with Gasteiger partial charge in [-0.1, -0.05) is 32.0 Å². The molecule has 0 radical (unpaired) electrons. The number of carbonyl (C=O) groups is 1. The molecule has 136 valence electrons. The molecule has 3 aromatic rings. The Hall–Kier alpha value is -2.89. The number of fused-ring (bicyclic) bond motifs is 1. The van der Waals surface area contributed by atoms with E-state index in [1.165, 1.54) is 10.9 Å². The van der Waals surface area contributed by atoms with Crippen molar-refractivity contribution >= 4 is 22.6 Å². The highest BCUT2D eigenvalue weighted by molar-refractivity contribution is 5.92. The van der Waals surface area contributed by atoms with Crippen LogP contribution in [0.2, 0.25) is 0 Å². The minimum absolute atomic E-state index is 0.177. The van der Waals surface area contributed by atoms with E-state index in [2.05, 4.69) is 51.8 Å². The Morgan fingerprint density at radius 3 is 2.73 bits per heavy atom. The summed E-state index contributed by atoms with van der Waals surface area (Å²) in [6, 6.07) is 11.8. The fraction of sp³-hybridized carbons (Fsp3) is 0.350. The lowest BCUT2D eigenvalue weighted by molar-refractivity contribution is 0.0946. The third-order valence-corrected chi connectivity index (χ3v) is 4.28. The summed E-state index contributed by atoms with van der Waals surface area (Å²) in [5.74, 6) is 1.05. The van der Waals surface area contributed by atoms with Crippen LogP contribution >= 0.6 is 0 Å². The molecule has 0 saturated carbocycles. The van der Waals surface area contributed by atoms with Gasteiger partial charge in [-0.25, -0.2) is 0 Å². The smallest absolute Gasteiger partial charge is 0.271 e. The van der Waals surface area contributed by atoms with Crippen LogP contribution in [0, 0.1) is 5.92 Å². The van der Waals surface area contributed by atoms with E-state index in [1.807, 2.05) is 18.3 Å². The Kier molecular flexibility index (Phi) is 5.84. The number of nitrogens with one attached hydrogen (secondary N) is 3. The van der Waals surface area contributed by atoms with Gasteiger partial charge in [0.1, 0.15) is 5.82 Å². The van der Waals surface area contributed by atoms with Gasteiger partial charge in [-0.15, -0.1) is 10.2 Å². The van der Waals surface area contributed by atoms with Crippen molar-refractivity contribution in [3.63, 3.8) is 0 Å². The van der Waals surface area contributed by atoms with Gasteiger partial charge in [0.25, 0.3) is 5.91 Å². The summed E-state index contributed by atoms with van der Waals surface area (Å²) in [6.45, 7) is 5.66. The number of aromatic nitrogens is 3. The third kappa shape index (κ3) is 4.59. The van der Waals surface area contributed by atoms with Crippen LogP contribution in [-0.4, -0.2) is 34.2 Å². The average Bonchev–Trinajstić information content (AvgIpc) is 3.05. The van der Waals surface area contributed by atoms with E-state index in [4.69, 9.17) is 0 Å². The van der Waals surface area contributed by atoms with Crippen molar-refractivity contribution in [1.82, 2.24) is 20.5 Å². The maximum Gasteiger partial charge on any atom is 0.271 e. The Morgan fingerprint density at radius 1 is 1.12 bits per heavy atom. The largest absolute Gasteiger partial charge is 0.368 e. The molecule has 0 aliphatic carbocycles. The van der Waals surface area contributed by atoms with E-state index < -0.39 is 0 Å². The van der Waals surface area contributed by atoms with E-state index in [0.717, 1.165) is 24.9 Å². The van der Waals surface area contributed by atoms with Gasteiger partial charge in [-0.05, 0) is 42.5 Å². The molecule has 0 atom stereocenters. The zero-order valence-corrected chi connectivity index (χ0v) is 15.2. The van der Waals surface area contributed by atoms with Crippen LogP contribution < -0.4 is 10.6 Å². The van der Waals surface area contributed by atoms with Crippen LogP contribution in [0.3, 0.4) is 0 Å². The summed E-state index contributed by atoms with van der Waals surface area (Å²) in [5.41, 5.74) is 2.76. The van der Waals surface area contributed by atoms with Crippen molar-refractivity contribution in [1.29, 1.82) is 0 Å². The molecule has 6 nitrogen and oxygen atoms in total. The van der Waals surface area contributed by atoms with Gasteiger partial charge < -0.3 is 15.6 Å². The Labute approximate surface area is 153 Å². The monoisotopic (exact) mass is 351 g/mol. The van der Waals surface area contributed by atoms with Crippen molar-refractivity contribution < 1.29 is 4.79 Å². The van der Waals surface area contributed by atoms with Gasteiger partial charge >= 0.3 is 0 Å². The van der Waals surface area contributed by atoms with Crippen LogP contribution in [-0.2, 0) is 6.42 Å². The molecule has 3 rings (SSSR count). The molecule has 0 fully saturated rings. The fourth-order valence-electron chi connectivity index (χ4n) is 2.78. The van der Waals surface area contributed by atoms with Crippen LogP contribution in [0.1, 0.15) is 36.3 Å². The lowest BCUT2D eigenvalue weighted by atomic mass is 10.1. The number of hydrogen-bond donors (Lipinski definition) is 3. The quantitative estimate of drug-likeness (QED) is 0.581. The number of rotatable bonds is 8.